The van der Waals surface area contributed by atoms with Gasteiger partial charge in [-0.15, -0.1) is 0 Å². The highest BCUT2D eigenvalue weighted by Gasteiger charge is 2.30. The van der Waals surface area contributed by atoms with E-state index in [1.54, 1.807) is 41.5 Å². The average molecular weight is 410 g/mol. The number of carbonyl (C=O) groups excluding carboxylic acids is 2. The van der Waals surface area contributed by atoms with Crippen molar-refractivity contribution in [2.24, 2.45) is 5.92 Å². The minimum Gasteiger partial charge on any atom is -0.452 e. The van der Waals surface area contributed by atoms with Crippen LogP contribution in [-0.2, 0) is 19.6 Å². The summed E-state index contributed by atoms with van der Waals surface area (Å²) in [5, 5.41) is 11.7. The number of hydrogen-bond acceptors (Lipinski definition) is 6. The summed E-state index contributed by atoms with van der Waals surface area (Å²) in [5.41, 5.74) is -1.77. The van der Waals surface area contributed by atoms with Crippen LogP contribution < -0.4 is 10.0 Å². The molecule has 0 aliphatic carbocycles. The van der Waals surface area contributed by atoms with Gasteiger partial charge in [-0.25, -0.2) is 17.9 Å². The van der Waals surface area contributed by atoms with E-state index in [-0.39, 0.29) is 16.4 Å². The maximum atomic E-state index is 12.4. The second-order valence-electron chi connectivity index (χ2n) is 7.98. The summed E-state index contributed by atoms with van der Waals surface area (Å²) >= 11 is 0. The molecule has 1 rings (SSSR count). The zero-order chi connectivity index (χ0) is 21.8. The van der Waals surface area contributed by atoms with Crippen molar-refractivity contribution in [3.05, 3.63) is 29.8 Å². The summed E-state index contributed by atoms with van der Waals surface area (Å²) in [6.45, 7) is 9.67. The molecule has 2 N–H and O–H groups in total. The first-order valence-corrected chi connectivity index (χ1v) is 10.2. The number of nitriles is 1. The van der Waals surface area contributed by atoms with Gasteiger partial charge in [0.15, 0.2) is 6.61 Å². The van der Waals surface area contributed by atoms with Crippen molar-refractivity contribution in [2.75, 3.05) is 6.61 Å². The quantitative estimate of drug-likeness (QED) is 0.663. The van der Waals surface area contributed by atoms with Crippen molar-refractivity contribution in [3.8, 4) is 6.07 Å². The summed E-state index contributed by atoms with van der Waals surface area (Å²) in [6, 6.07) is 7.38. The second-order valence-corrected chi connectivity index (χ2v) is 9.66. The minimum atomic E-state index is -3.82. The summed E-state index contributed by atoms with van der Waals surface area (Å²) in [7, 11) is -3.82. The maximum Gasteiger partial charge on any atom is 0.338 e. The Morgan fingerprint density at radius 1 is 1.21 bits per heavy atom. The van der Waals surface area contributed by atoms with Gasteiger partial charge < -0.3 is 10.1 Å². The molecule has 0 bridgehead atoms. The molecule has 9 heteroatoms. The van der Waals surface area contributed by atoms with Crippen LogP contribution in [0.4, 0.5) is 0 Å². The van der Waals surface area contributed by atoms with Crippen LogP contribution in [-0.4, -0.2) is 38.0 Å². The van der Waals surface area contributed by atoms with Gasteiger partial charge in [0.05, 0.1) is 16.5 Å². The highest BCUT2D eigenvalue weighted by molar-refractivity contribution is 7.89. The molecule has 0 aliphatic rings. The lowest BCUT2D eigenvalue weighted by Crippen LogP contribution is -2.50. The third-order valence-corrected chi connectivity index (χ3v) is 5.70. The SMILES string of the molecule is CC(C)[C@](C)(C#N)NC(=O)COC(=O)c1cccc(S(=O)(=O)NC(C)(C)C)c1. The van der Waals surface area contributed by atoms with Crippen LogP contribution in [0.1, 0.15) is 51.9 Å². The third-order valence-electron chi connectivity index (χ3n) is 3.94. The molecule has 1 atom stereocenters. The Balaban J connectivity index is 2.85. The molecule has 0 saturated carbocycles. The number of benzene rings is 1. The topological polar surface area (TPSA) is 125 Å². The Kier molecular flexibility index (Phi) is 7.34. The van der Waals surface area contributed by atoms with Gasteiger partial charge in [-0.05, 0) is 51.8 Å². The number of rotatable bonds is 7. The van der Waals surface area contributed by atoms with E-state index in [4.69, 9.17) is 4.74 Å². The van der Waals surface area contributed by atoms with E-state index in [1.807, 2.05) is 6.07 Å². The van der Waals surface area contributed by atoms with E-state index in [9.17, 15) is 23.3 Å². The first kappa shape index (κ1) is 23.6. The molecule has 0 saturated heterocycles. The standard InChI is InChI=1S/C19H27N3O5S/c1-13(2)19(6,12-20)21-16(23)11-27-17(24)14-8-7-9-15(10-14)28(25,26)22-18(3,4)5/h7-10,13,22H,11H2,1-6H3,(H,21,23)/t19-/m0/s1. The predicted molar refractivity (Wildman–Crippen MR) is 104 cm³/mol. The van der Waals surface area contributed by atoms with Crippen LogP contribution in [0.5, 0.6) is 0 Å². The van der Waals surface area contributed by atoms with E-state index in [0.717, 1.165) is 0 Å². The van der Waals surface area contributed by atoms with Crippen molar-refractivity contribution < 1.29 is 22.7 Å². The van der Waals surface area contributed by atoms with Gasteiger partial charge in [0.25, 0.3) is 5.91 Å². The average Bonchev–Trinajstić information content (AvgIpc) is 2.57. The van der Waals surface area contributed by atoms with Gasteiger partial charge >= 0.3 is 5.97 Å². The molecule has 0 unspecified atom stereocenters. The monoisotopic (exact) mass is 409 g/mol. The van der Waals surface area contributed by atoms with E-state index in [2.05, 4.69) is 10.0 Å². The normalized spacial score (nSPS) is 14.1. The lowest BCUT2D eigenvalue weighted by Gasteiger charge is -2.27. The van der Waals surface area contributed by atoms with E-state index >= 15 is 0 Å². The van der Waals surface area contributed by atoms with Crippen LogP contribution in [0.3, 0.4) is 0 Å². The zero-order valence-corrected chi connectivity index (χ0v) is 17.8. The first-order valence-electron chi connectivity index (χ1n) is 8.73. The maximum absolute atomic E-state index is 12.4. The Labute approximate surface area is 166 Å². The Morgan fingerprint density at radius 3 is 2.32 bits per heavy atom. The molecule has 0 fully saturated rings. The number of amides is 1. The van der Waals surface area contributed by atoms with Crippen LogP contribution in [0.15, 0.2) is 29.2 Å². The number of sulfonamides is 1. The number of carbonyl (C=O) groups is 2. The fourth-order valence-electron chi connectivity index (χ4n) is 2.09. The van der Waals surface area contributed by atoms with Gasteiger partial charge in [0.1, 0.15) is 5.54 Å². The molecule has 0 aromatic heterocycles. The fraction of sp³-hybridized carbons (Fsp3) is 0.526. The van der Waals surface area contributed by atoms with Crippen LogP contribution >= 0.6 is 0 Å². The molecular formula is C19H27N3O5S. The zero-order valence-electron chi connectivity index (χ0n) is 17.0. The molecule has 0 aliphatic heterocycles. The molecule has 154 valence electrons. The molecule has 1 aromatic carbocycles. The van der Waals surface area contributed by atoms with Gasteiger partial charge in [-0.3, -0.25) is 4.79 Å². The van der Waals surface area contributed by atoms with Crippen LogP contribution in [0.2, 0.25) is 0 Å². The summed E-state index contributed by atoms with van der Waals surface area (Å²) in [4.78, 5) is 24.1. The highest BCUT2D eigenvalue weighted by Crippen LogP contribution is 2.16. The Hall–Kier alpha value is -2.44. The van der Waals surface area contributed by atoms with Crippen molar-refractivity contribution in [1.29, 1.82) is 5.26 Å². The van der Waals surface area contributed by atoms with Crippen molar-refractivity contribution in [2.45, 2.75) is 57.5 Å². The minimum absolute atomic E-state index is 0.00325. The first-order chi connectivity index (χ1) is 12.7. The van der Waals surface area contributed by atoms with Crippen molar-refractivity contribution in [1.82, 2.24) is 10.0 Å². The number of ether oxygens (including phenoxy) is 1. The Bertz CT molecular complexity index is 882. The molecular weight excluding hydrogens is 382 g/mol. The van der Waals surface area contributed by atoms with E-state index in [0.29, 0.717) is 0 Å². The third kappa shape index (κ3) is 6.62. The molecule has 0 radical (unpaired) electrons. The lowest BCUT2D eigenvalue weighted by molar-refractivity contribution is -0.125. The van der Waals surface area contributed by atoms with Gasteiger partial charge in [0.2, 0.25) is 10.0 Å². The van der Waals surface area contributed by atoms with Gasteiger partial charge in [0, 0.05) is 5.54 Å². The number of nitrogens with one attached hydrogen (secondary N) is 2. The lowest BCUT2D eigenvalue weighted by atomic mass is 9.90. The number of hydrogen-bond donors (Lipinski definition) is 2. The molecule has 0 spiro atoms. The summed E-state index contributed by atoms with van der Waals surface area (Å²) in [6.07, 6.45) is 0. The number of nitrogens with zero attached hydrogens (tertiary/aromatic N) is 1. The fourth-order valence-corrected chi connectivity index (χ4v) is 3.56. The predicted octanol–water partition coefficient (Wildman–Crippen LogP) is 1.97. The summed E-state index contributed by atoms with van der Waals surface area (Å²) in [5.74, 6) is -1.61. The van der Waals surface area contributed by atoms with Crippen molar-refractivity contribution >= 4 is 21.9 Å². The largest absolute Gasteiger partial charge is 0.452 e. The van der Waals surface area contributed by atoms with E-state index < -0.39 is 39.6 Å². The van der Waals surface area contributed by atoms with Crippen LogP contribution in [0, 0.1) is 17.2 Å². The molecule has 1 aromatic rings. The second kappa shape index (κ2) is 8.71. The molecule has 0 heterocycles. The molecule has 8 nitrogen and oxygen atoms in total. The smallest absolute Gasteiger partial charge is 0.338 e. The summed E-state index contributed by atoms with van der Waals surface area (Å²) < 4.78 is 32.2. The Morgan fingerprint density at radius 2 is 1.82 bits per heavy atom. The molecule has 1 amide bonds. The van der Waals surface area contributed by atoms with Gasteiger partial charge in [-0.2, -0.15) is 5.26 Å². The van der Waals surface area contributed by atoms with Crippen molar-refractivity contribution in [3.63, 3.8) is 0 Å². The highest BCUT2D eigenvalue weighted by atomic mass is 32.2. The number of esters is 1. The van der Waals surface area contributed by atoms with Crippen LogP contribution in [0.25, 0.3) is 0 Å². The molecule has 28 heavy (non-hydrogen) atoms. The van der Waals surface area contributed by atoms with Gasteiger partial charge in [-0.1, -0.05) is 19.9 Å². The van der Waals surface area contributed by atoms with E-state index in [1.165, 1.54) is 24.3 Å².